The predicted molar refractivity (Wildman–Crippen MR) is 624 cm³/mol. The molecule has 0 saturated heterocycles. The lowest BCUT2D eigenvalue weighted by Crippen LogP contribution is -2.28. The lowest BCUT2D eigenvalue weighted by atomic mass is 9.67. The van der Waals surface area contributed by atoms with Crippen LogP contribution in [0.25, 0.3) is 186 Å². The summed E-state index contributed by atoms with van der Waals surface area (Å²) in [5.41, 5.74) is 37.6. The summed E-state index contributed by atoms with van der Waals surface area (Å²) >= 11 is 5.33. The van der Waals surface area contributed by atoms with Gasteiger partial charge in [0.05, 0.1) is 65.0 Å². The standard InChI is InChI=1S/2C49H32N2S.C43H28N2S/c1-4-16-33(17-5-1)34-19-14-20-36(30-34)48-50-43(32-44(51-48)46-31-35-18-10-13-29-45(35)52-46)40-26-15-28-42-47(40)39-25-11-12-27-41(39)49(42,37-21-6-2-7-22-37)38-23-8-3-9-24-38;1-4-15-33(16-5-1)34-27-29-35(30-28-34)48-50-43(32-44(51-48)46-31-36-17-10-13-26-45(36)52-46)40-23-14-25-42-47(40)39-22-11-12-24-41(39)49(42,37-18-6-2-7-19-37)38-20-8-3-9-21-38;1-4-15-29(16-5-1)42-44-37(28-38(45-42)40-27-30-17-10-13-26-39(30)46-40)34-23-14-25-36-41(34)33-22-11-12-24-35(33)43(36,31-18-6-2-7-19-31)32-20-8-3-9-21-32/h2*1-32H;1-28H. The molecule has 0 saturated carbocycles. The van der Waals surface area contributed by atoms with Gasteiger partial charge in [0.25, 0.3) is 0 Å². The van der Waals surface area contributed by atoms with E-state index in [1.54, 1.807) is 34.0 Å². The molecule has 29 rings (SSSR count). The zero-order valence-electron chi connectivity index (χ0n) is 81.5. The van der Waals surface area contributed by atoms with Crippen LogP contribution >= 0.6 is 34.0 Å². The van der Waals surface area contributed by atoms with Crippen molar-refractivity contribution in [3.05, 3.63) is 625 Å². The first kappa shape index (κ1) is 90.3. The SMILES string of the molecule is c1ccc(-c2ccc(-c3nc(-c4cc5ccccc5s4)cc(-c4cccc5c4-c4ccccc4C5(c4ccccc4)c4ccccc4)n3)cc2)cc1.c1ccc(-c2cccc(-c3nc(-c4cc5ccccc5s4)cc(-c4cccc5c4-c4ccccc4C5(c4ccccc4)c4ccccc4)n3)c2)cc1.c1ccc(-c2nc(-c3cc4ccccc4s3)cc(-c3cccc4c3-c3ccccc3C4(c3ccccc3)c3ccccc3)n2)cc1. The number of fused-ring (bicyclic) bond motifs is 12. The number of benzene rings is 20. The molecule has 0 spiro atoms. The van der Waals surface area contributed by atoms with Crippen molar-refractivity contribution in [2.45, 2.75) is 16.2 Å². The van der Waals surface area contributed by atoms with Crippen LogP contribution < -0.4 is 0 Å². The fourth-order valence-corrected chi connectivity index (χ4v) is 26.5. The predicted octanol–water partition coefficient (Wildman–Crippen LogP) is 36.5. The number of hydrogen-bond donors (Lipinski definition) is 0. The molecule has 6 aromatic heterocycles. The topological polar surface area (TPSA) is 77.3 Å². The molecule has 704 valence electrons. The van der Waals surface area contributed by atoms with Gasteiger partial charge in [-0.2, -0.15) is 0 Å². The first-order valence-electron chi connectivity index (χ1n) is 50.9. The Hall–Kier alpha value is -18.5. The Morgan fingerprint density at radius 2 is 0.353 bits per heavy atom. The van der Waals surface area contributed by atoms with E-state index in [0.29, 0.717) is 11.6 Å². The molecule has 0 N–H and O–H groups in total. The monoisotopic (exact) mass is 1960 g/mol. The van der Waals surface area contributed by atoms with Crippen LogP contribution in [0.3, 0.4) is 0 Å². The smallest absolute Gasteiger partial charge is 0.160 e. The first-order chi connectivity index (χ1) is 74.3. The summed E-state index contributed by atoms with van der Waals surface area (Å²) in [4.78, 5) is 35.2. The maximum Gasteiger partial charge on any atom is 0.160 e. The lowest BCUT2D eigenvalue weighted by molar-refractivity contribution is 0.768. The highest BCUT2D eigenvalue weighted by molar-refractivity contribution is 7.23. The Labute approximate surface area is 883 Å². The summed E-state index contributed by atoms with van der Waals surface area (Å²) < 4.78 is 3.75. The van der Waals surface area contributed by atoms with E-state index in [2.05, 4.69) is 552 Å². The van der Waals surface area contributed by atoms with Gasteiger partial charge in [-0.1, -0.05) is 497 Å². The van der Waals surface area contributed by atoms with E-state index in [1.807, 2.05) is 6.07 Å². The fraction of sp³-hybridized carbons (Fsp3) is 0.0213. The van der Waals surface area contributed by atoms with Gasteiger partial charge in [0.15, 0.2) is 17.5 Å². The quantitative estimate of drug-likeness (QED) is 0.0904. The van der Waals surface area contributed by atoms with Gasteiger partial charge in [0, 0.05) is 47.5 Å². The molecule has 0 aliphatic heterocycles. The van der Waals surface area contributed by atoms with E-state index in [0.717, 1.165) is 93.6 Å². The van der Waals surface area contributed by atoms with E-state index in [-0.39, 0.29) is 0 Å². The molecule has 6 heterocycles. The Morgan fingerprint density at radius 3 is 0.673 bits per heavy atom. The van der Waals surface area contributed by atoms with Gasteiger partial charge in [-0.05, 0) is 199 Å². The third-order valence-corrected chi connectivity index (χ3v) is 33.4. The third-order valence-electron chi connectivity index (χ3n) is 30.0. The van der Waals surface area contributed by atoms with Crippen LogP contribution in [0.1, 0.15) is 66.8 Å². The van der Waals surface area contributed by atoms with Crippen molar-refractivity contribution in [3.63, 3.8) is 0 Å². The van der Waals surface area contributed by atoms with Crippen LogP contribution in [0, 0.1) is 0 Å². The van der Waals surface area contributed by atoms with E-state index >= 15 is 0 Å². The zero-order chi connectivity index (χ0) is 99.5. The van der Waals surface area contributed by atoms with Crippen molar-refractivity contribution in [1.29, 1.82) is 0 Å². The van der Waals surface area contributed by atoms with Crippen LogP contribution in [-0.2, 0) is 16.2 Å². The molecule has 0 unspecified atom stereocenters. The molecule has 9 heteroatoms. The van der Waals surface area contributed by atoms with Crippen LogP contribution in [-0.4, -0.2) is 29.9 Å². The van der Waals surface area contributed by atoms with Crippen molar-refractivity contribution < 1.29 is 0 Å². The third kappa shape index (κ3) is 15.7. The maximum absolute atomic E-state index is 5.43. The van der Waals surface area contributed by atoms with Crippen molar-refractivity contribution in [3.8, 4) is 155 Å². The number of aromatic nitrogens is 6. The van der Waals surface area contributed by atoms with Gasteiger partial charge in [0.2, 0.25) is 0 Å². The highest BCUT2D eigenvalue weighted by Gasteiger charge is 2.51. The van der Waals surface area contributed by atoms with Crippen LogP contribution in [0.15, 0.2) is 558 Å². The summed E-state index contributed by atoms with van der Waals surface area (Å²) in [7, 11) is 0. The Bertz CT molecular complexity index is 9340. The normalized spacial score (nSPS) is 12.8. The van der Waals surface area contributed by atoms with Crippen LogP contribution in [0.4, 0.5) is 0 Å². The Morgan fingerprint density at radius 1 is 0.140 bits per heavy atom. The summed E-state index contributed by atoms with van der Waals surface area (Å²) in [6.45, 7) is 0. The van der Waals surface area contributed by atoms with Gasteiger partial charge in [-0.3, -0.25) is 0 Å². The summed E-state index contributed by atoms with van der Waals surface area (Å²) in [5, 5.41) is 3.68. The van der Waals surface area contributed by atoms with E-state index in [4.69, 9.17) is 29.9 Å². The van der Waals surface area contributed by atoms with Crippen molar-refractivity contribution in [2.75, 3.05) is 0 Å². The summed E-state index contributed by atoms with van der Waals surface area (Å²) in [5.74, 6) is 2.15. The minimum atomic E-state index is -0.487. The molecule has 0 atom stereocenters. The molecule has 26 aromatic rings. The number of rotatable bonds is 17. The van der Waals surface area contributed by atoms with Gasteiger partial charge >= 0.3 is 0 Å². The fourth-order valence-electron chi connectivity index (χ4n) is 23.5. The van der Waals surface area contributed by atoms with Crippen molar-refractivity contribution in [1.82, 2.24) is 29.9 Å². The average molecular weight is 1970 g/mol. The molecule has 0 bridgehead atoms. The van der Waals surface area contributed by atoms with Gasteiger partial charge in [-0.15, -0.1) is 34.0 Å². The Balaban J connectivity index is 0.000000111. The largest absolute Gasteiger partial charge is 0.228 e. The van der Waals surface area contributed by atoms with Crippen molar-refractivity contribution in [2.24, 2.45) is 0 Å². The summed E-state index contributed by atoms with van der Waals surface area (Å²) in [6.07, 6.45) is 0. The molecule has 20 aromatic carbocycles. The molecule has 6 nitrogen and oxygen atoms in total. The second-order valence-corrected chi connectivity index (χ2v) is 41.6. The molecular weight excluding hydrogens is 1870 g/mol. The van der Waals surface area contributed by atoms with Gasteiger partial charge in [0.1, 0.15) is 0 Å². The van der Waals surface area contributed by atoms with Gasteiger partial charge in [-0.25, -0.2) is 29.9 Å². The van der Waals surface area contributed by atoms with Crippen LogP contribution in [0.5, 0.6) is 0 Å². The number of nitrogens with zero attached hydrogens (tertiary/aromatic N) is 6. The molecule has 0 fully saturated rings. The highest BCUT2D eigenvalue weighted by Crippen LogP contribution is 2.63. The van der Waals surface area contributed by atoms with Crippen molar-refractivity contribution >= 4 is 64.3 Å². The zero-order valence-corrected chi connectivity index (χ0v) is 84.0. The molecule has 3 aliphatic carbocycles. The average Bonchev–Trinajstić information content (AvgIpc) is 1.54. The molecular formula is C141H92N6S3. The van der Waals surface area contributed by atoms with E-state index in [9.17, 15) is 0 Å². The number of hydrogen-bond acceptors (Lipinski definition) is 9. The second-order valence-electron chi connectivity index (χ2n) is 38.4. The molecule has 150 heavy (non-hydrogen) atoms. The number of thiophene rings is 3. The van der Waals surface area contributed by atoms with E-state index < -0.39 is 16.2 Å². The minimum Gasteiger partial charge on any atom is -0.228 e. The minimum absolute atomic E-state index is 0.464. The Kier molecular flexibility index (Phi) is 23.2. The van der Waals surface area contributed by atoms with Crippen LogP contribution in [0.2, 0.25) is 0 Å². The second kappa shape index (κ2) is 38.5. The maximum atomic E-state index is 5.43. The molecule has 0 radical (unpaired) electrons. The van der Waals surface area contributed by atoms with E-state index in [1.165, 1.54) is 147 Å². The summed E-state index contributed by atoms with van der Waals surface area (Å²) in [6, 6.07) is 200. The molecule has 0 amide bonds. The van der Waals surface area contributed by atoms with Gasteiger partial charge < -0.3 is 0 Å². The molecule has 3 aliphatic rings. The first-order valence-corrected chi connectivity index (χ1v) is 53.4. The highest BCUT2D eigenvalue weighted by atomic mass is 32.1. The lowest BCUT2D eigenvalue weighted by Gasteiger charge is -2.33.